The number of carbonyl (C=O) groups is 1. The fourth-order valence-corrected chi connectivity index (χ4v) is 5.72. The van der Waals surface area contributed by atoms with E-state index in [4.69, 9.17) is 0 Å². The van der Waals surface area contributed by atoms with Gasteiger partial charge in [0.1, 0.15) is 0 Å². The van der Waals surface area contributed by atoms with E-state index in [1.807, 2.05) is 36.9 Å². The highest BCUT2D eigenvalue weighted by Gasteiger charge is 2.25. The number of nitrogens with one attached hydrogen (secondary N) is 2. The van der Waals surface area contributed by atoms with Crippen LogP contribution in [0.15, 0.2) is 41.3 Å². The van der Waals surface area contributed by atoms with Crippen LogP contribution < -0.4 is 14.9 Å². The molecule has 2 saturated heterocycles. The molecule has 178 valence electrons. The number of nitrogens with zero attached hydrogens (tertiary/aromatic N) is 2. The highest BCUT2D eigenvalue weighted by Crippen LogP contribution is 2.31. The summed E-state index contributed by atoms with van der Waals surface area (Å²) in [5, 5.41) is 3.33. The van der Waals surface area contributed by atoms with Crippen molar-refractivity contribution in [3.05, 3.63) is 53.1 Å². The van der Waals surface area contributed by atoms with Gasteiger partial charge in [-0.15, -0.1) is 0 Å². The number of hydrogen-bond donors (Lipinski definition) is 2. The van der Waals surface area contributed by atoms with Crippen molar-refractivity contribution in [2.45, 2.75) is 38.5 Å². The molecule has 2 N–H and O–H groups in total. The van der Waals surface area contributed by atoms with E-state index in [0.29, 0.717) is 17.2 Å². The van der Waals surface area contributed by atoms with Gasteiger partial charge in [0.05, 0.1) is 16.3 Å². The third-order valence-corrected chi connectivity index (χ3v) is 8.04. The summed E-state index contributed by atoms with van der Waals surface area (Å²) >= 11 is 0. The maximum absolute atomic E-state index is 13.3. The maximum Gasteiger partial charge on any atom is 0.261 e. The van der Waals surface area contributed by atoms with Crippen LogP contribution in [0.5, 0.6) is 0 Å². The molecule has 2 heterocycles. The van der Waals surface area contributed by atoms with Crippen LogP contribution in [0.25, 0.3) is 0 Å². The molecule has 2 aliphatic rings. The Balaban J connectivity index is 1.69. The molecular formula is C25H34N4O3S. The van der Waals surface area contributed by atoms with E-state index in [1.165, 1.54) is 0 Å². The summed E-state index contributed by atoms with van der Waals surface area (Å²) in [6.07, 6.45) is 2.13. The van der Waals surface area contributed by atoms with Crippen molar-refractivity contribution in [2.75, 3.05) is 48.9 Å². The van der Waals surface area contributed by atoms with Crippen molar-refractivity contribution in [1.29, 1.82) is 0 Å². The van der Waals surface area contributed by atoms with Crippen molar-refractivity contribution in [1.82, 2.24) is 10.2 Å². The summed E-state index contributed by atoms with van der Waals surface area (Å²) in [5.74, 6) is 0.436. The minimum Gasteiger partial charge on any atom is -0.367 e. The van der Waals surface area contributed by atoms with Crippen molar-refractivity contribution >= 4 is 27.3 Å². The number of hydrogen-bond acceptors (Lipinski definition) is 5. The number of likely N-dealkylation sites (tertiary alicyclic amines) is 1. The second-order valence-electron chi connectivity index (χ2n) is 9.32. The van der Waals surface area contributed by atoms with Crippen LogP contribution in [0, 0.1) is 19.8 Å². The van der Waals surface area contributed by atoms with E-state index in [1.54, 1.807) is 18.2 Å². The molecular weight excluding hydrogens is 436 g/mol. The quantitative estimate of drug-likeness (QED) is 0.700. The minimum absolute atomic E-state index is 0.0416. The van der Waals surface area contributed by atoms with E-state index < -0.39 is 10.0 Å². The van der Waals surface area contributed by atoms with E-state index in [0.717, 1.165) is 68.9 Å². The Morgan fingerprint density at radius 1 is 1.03 bits per heavy atom. The predicted molar refractivity (Wildman–Crippen MR) is 133 cm³/mol. The number of sulfonamides is 1. The molecule has 1 atom stereocenters. The summed E-state index contributed by atoms with van der Waals surface area (Å²) in [5.41, 5.74) is 3.72. The number of piperazine rings is 1. The highest BCUT2D eigenvalue weighted by molar-refractivity contribution is 7.92. The zero-order chi connectivity index (χ0) is 23.6. The first-order valence-electron chi connectivity index (χ1n) is 11.7. The zero-order valence-corrected chi connectivity index (χ0v) is 20.5. The maximum atomic E-state index is 13.3. The Bertz CT molecular complexity index is 1130. The number of benzene rings is 2. The Hall–Kier alpha value is -2.58. The average Bonchev–Trinajstić information content (AvgIpc) is 2.80. The van der Waals surface area contributed by atoms with E-state index in [-0.39, 0.29) is 10.8 Å². The molecule has 2 fully saturated rings. The first-order chi connectivity index (χ1) is 15.7. The Morgan fingerprint density at radius 3 is 2.48 bits per heavy atom. The molecule has 0 unspecified atom stereocenters. The summed E-state index contributed by atoms with van der Waals surface area (Å²) in [4.78, 5) is 17.5. The van der Waals surface area contributed by atoms with Crippen LogP contribution in [-0.4, -0.2) is 58.5 Å². The molecule has 2 aromatic rings. The van der Waals surface area contributed by atoms with Gasteiger partial charge in [0.2, 0.25) is 0 Å². The monoisotopic (exact) mass is 470 g/mol. The molecule has 33 heavy (non-hydrogen) atoms. The van der Waals surface area contributed by atoms with E-state index >= 15 is 0 Å². The average molecular weight is 471 g/mol. The summed E-state index contributed by atoms with van der Waals surface area (Å²) < 4.78 is 29.4. The van der Waals surface area contributed by atoms with E-state index in [2.05, 4.69) is 21.9 Å². The standard InChI is InChI=1S/C25H34N4O3S/c1-18-5-4-12-29(17-18)25(30)21-7-9-24(28-13-10-26-11-14-28)23(16-21)27-33(31,32)22-8-6-19(2)20(3)15-22/h6-9,15-16,18,26-27H,4-5,10-14,17H2,1-3H3/t18-/m0/s1. The van der Waals surface area contributed by atoms with Gasteiger partial charge in [-0.1, -0.05) is 13.0 Å². The van der Waals surface area contributed by atoms with Gasteiger partial charge in [0.25, 0.3) is 15.9 Å². The number of carbonyl (C=O) groups excluding carboxylic acids is 1. The lowest BCUT2D eigenvalue weighted by Crippen LogP contribution is -2.44. The van der Waals surface area contributed by atoms with Crippen LogP contribution >= 0.6 is 0 Å². The first-order valence-corrected chi connectivity index (χ1v) is 13.2. The molecule has 0 bridgehead atoms. The van der Waals surface area contributed by atoms with Crippen LogP contribution in [0.1, 0.15) is 41.3 Å². The Kier molecular flexibility index (Phi) is 6.95. The van der Waals surface area contributed by atoms with Gasteiger partial charge in [-0.25, -0.2) is 8.42 Å². The molecule has 4 rings (SSSR count). The van der Waals surface area contributed by atoms with Crippen molar-refractivity contribution < 1.29 is 13.2 Å². The van der Waals surface area contributed by atoms with Gasteiger partial charge in [-0.2, -0.15) is 0 Å². The fourth-order valence-electron chi connectivity index (χ4n) is 4.57. The fraction of sp³-hybridized carbons (Fsp3) is 0.480. The van der Waals surface area contributed by atoms with Crippen molar-refractivity contribution in [2.24, 2.45) is 5.92 Å². The molecule has 1 amide bonds. The molecule has 2 aliphatic heterocycles. The summed E-state index contributed by atoms with van der Waals surface area (Å²) in [6, 6.07) is 10.5. The summed E-state index contributed by atoms with van der Waals surface area (Å²) in [7, 11) is -3.81. The second-order valence-corrected chi connectivity index (χ2v) is 11.0. The number of rotatable bonds is 5. The van der Waals surface area contributed by atoms with Crippen molar-refractivity contribution in [3.8, 4) is 0 Å². The third-order valence-electron chi connectivity index (χ3n) is 6.68. The lowest BCUT2D eigenvalue weighted by atomic mass is 9.99. The number of anilines is 2. The summed E-state index contributed by atoms with van der Waals surface area (Å²) in [6.45, 7) is 10.7. The van der Waals surface area contributed by atoms with Gasteiger partial charge < -0.3 is 15.1 Å². The molecule has 0 saturated carbocycles. The largest absolute Gasteiger partial charge is 0.367 e. The van der Waals surface area contributed by atoms with Crippen LogP contribution in [0.4, 0.5) is 11.4 Å². The lowest BCUT2D eigenvalue weighted by molar-refractivity contribution is 0.0683. The van der Waals surface area contributed by atoms with Gasteiger partial charge in [-0.3, -0.25) is 9.52 Å². The number of aryl methyl sites for hydroxylation is 2. The topological polar surface area (TPSA) is 81.8 Å². The molecule has 2 aromatic carbocycles. The van der Waals surface area contributed by atoms with Crippen LogP contribution in [0.3, 0.4) is 0 Å². The molecule has 7 nitrogen and oxygen atoms in total. The molecule has 0 spiro atoms. The SMILES string of the molecule is Cc1ccc(S(=O)(=O)Nc2cc(C(=O)N3CCC[C@H](C)C3)ccc2N2CCNCC2)cc1C. The molecule has 0 aromatic heterocycles. The van der Waals surface area contributed by atoms with Gasteiger partial charge in [0, 0.05) is 44.8 Å². The van der Waals surface area contributed by atoms with Gasteiger partial charge in [0.15, 0.2) is 0 Å². The predicted octanol–water partition coefficient (Wildman–Crippen LogP) is 3.39. The minimum atomic E-state index is -3.81. The number of piperidine rings is 1. The normalized spacial score (nSPS) is 19.4. The van der Waals surface area contributed by atoms with Gasteiger partial charge >= 0.3 is 0 Å². The second kappa shape index (κ2) is 9.73. The van der Waals surface area contributed by atoms with Gasteiger partial charge in [-0.05, 0) is 74.1 Å². The Morgan fingerprint density at radius 2 is 1.79 bits per heavy atom. The molecule has 0 radical (unpaired) electrons. The molecule has 0 aliphatic carbocycles. The van der Waals surface area contributed by atoms with Crippen molar-refractivity contribution in [3.63, 3.8) is 0 Å². The van der Waals surface area contributed by atoms with E-state index in [9.17, 15) is 13.2 Å². The Labute approximate surface area is 197 Å². The first kappa shape index (κ1) is 23.6. The number of amides is 1. The lowest BCUT2D eigenvalue weighted by Gasteiger charge is -2.33. The van der Waals surface area contributed by atoms with Crippen LogP contribution in [-0.2, 0) is 10.0 Å². The third kappa shape index (κ3) is 5.33. The smallest absolute Gasteiger partial charge is 0.261 e. The zero-order valence-electron chi connectivity index (χ0n) is 19.7. The highest BCUT2D eigenvalue weighted by atomic mass is 32.2. The van der Waals surface area contributed by atoms with Crippen LogP contribution in [0.2, 0.25) is 0 Å². The molecule has 8 heteroatoms.